The van der Waals surface area contributed by atoms with Gasteiger partial charge in [0, 0.05) is 18.3 Å². The summed E-state index contributed by atoms with van der Waals surface area (Å²) in [5.41, 5.74) is 4.33. The number of carbonyl (C=O) groups is 1. The number of nitriles is 2. The molecule has 2 rings (SSSR count). The number of allylic oxidation sites excluding steroid dienone is 4. The van der Waals surface area contributed by atoms with Crippen LogP contribution in [0.25, 0.3) is 0 Å². The van der Waals surface area contributed by atoms with Crippen molar-refractivity contribution in [3.8, 4) is 12.1 Å². The number of nitrogens with zero attached hydrogens (tertiary/aromatic N) is 2. The third-order valence-corrected chi connectivity index (χ3v) is 3.76. The van der Waals surface area contributed by atoms with Crippen LogP contribution >= 0.6 is 0 Å². The van der Waals surface area contributed by atoms with E-state index in [1.54, 1.807) is 0 Å². The van der Waals surface area contributed by atoms with Crippen LogP contribution in [-0.2, 0) is 16.1 Å². The topological polar surface area (TPSA) is 85.9 Å². The Kier molecular flexibility index (Phi) is 4.83. The van der Waals surface area contributed by atoms with Crippen molar-refractivity contribution in [1.29, 1.82) is 10.5 Å². The number of rotatable bonds is 3. The summed E-state index contributed by atoms with van der Waals surface area (Å²) >= 11 is 0. The highest BCUT2D eigenvalue weighted by molar-refractivity contribution is 5.66. The number of benzene rings is 1. The number of ether oxygens (including phenoxy) is 1. The van der Waals surface area contributed by atoms with Crippen LogP contribution in [0, 0.1) is 22.7 Å². The molecule has 0 saturated heterocycles. The molecule has 0 unspecified atom stereocenters. The van der Waals surface area contributed by atoms with Crippen molar-refractivity contribution in [2.75, 3.05) is 0 Å². The molecule has 0 spiro atoms. The van der Waals surface area contributed by atoms with E-state index in [1.807, 2.05) is 38.1 Å². The van der Waals surface area contributed by atoms with Gasteiger partial charge in [-0.25, -0.2) is 0 Å². The molecule has 1 aromatic rings. The maximum Gasteiger partial charge on any atom is 0.302 e. The zero-order valence-corrected chi connectivity index (χ0v) is 13.3. The summed E-state index contributed by atoms with van der Waals surface area (Å²) in [5.74, 6) is -0.697. The molecule has 0 atom stereocenters. The molecule has 0 amide bonds. The second-order valence-corrected chi connectivity index (χ2v) is 5.38. The lowest BCUT2D eigenvalue weighted by molar-refractivity contribution is -0.142. The zero-order valence-electron chi connectivity index (χ0n) is 13.3. The molecule has 1 aromatic carbocycles. The Morgan fingerprint density at radius 2 is 1.65 bits per heavy atom. The Morgan fingerprint density at radius 1 is 1.13 bits per heavy atom. The molecule has 1 heterocycles. The van der Waals surface area contributed by atoms with Crippen molar-refractivity contribution >= 4 is 5.97 Å². The average Bonchev–Trinajstić information content (AvgIpc) is 2.53. The first-order chi connectivity index (χ1) is 11.0. The first kappa shape index (κ1) is 16.3. The van der Waals surface area contributed by atoms with E-state index in [0.29, 0.717) is 11.1 Å². The van der Waals surface area contributed by atoms with E-state index in [-0.39, 0.29) is 18.5 Å². The van der Waals surface area contributed by atoms with Crippen LogP contribution in [0.2, 0.25) is 0 Å². The first-order valence-corrected chi connectivity index (χ1v) is 7.19. The van der Waals surface area contributed by atoms with Gasteiger partial charge in [-0.15, -0.1) is 0 Å². The van der Waals surface area contributed by atoms with Crippen molar-refractivity contribution < 1.29 is 9.53 Å². The van der Waals surface area contributed by atoms with Crippen molar-refractivity contribution in [3.05, 3.63) is 57.9 Å². The van der Waals surface area contributed by atoms with Gasteiger partial charge in [0.05, 0.1) is 29.2 Å². The molecular formula is C18H17N3O2. The lowest BCUT2D eigenvalue weighted by Gasteiger charge is -2.26. The highest BCUT2D eigenvalue weighted by Crippen LogP contribution is 2.37. The normalized spacial score (nSPS) is 14.8. The summed E-state index contributed by atoms with van der Waals surface area (Å²) in [6.07, 6.45) is 0. The predicted molar refractivity (Wildman–Crippen MR) is 84.4 cm³/mol. The quantitative estimate of drug-likeness (QED) is 0.867. The Labute approximate surface area is 135 Å². The van der Waals surface area contributed by atoms with E-state index in [0.717, 1.165) is 22.5 Å². The van der Waals surface area contributed by atoms with E-state index in [4.69, 9.17) is 4.74 Å². The highest BCUT2D eigenvalue weighted by Gasteiger charge is 2.29. The van der Waals surface area contributed by atoms with E-state index in [9.17, 15) is 15.3 Å². The van der Waals surface area contributed by atoms with Gasteiger partial charge in [-0.3, -0.25) is 4.79 Å². The molecule has 116 valence electrons. The zero-order chi connectivity index (χ0) is 17.0. The molecule has 23 heavy (non-hydrogen) atoms. The summed E-state index contributed by atoms with van der Waals surface area (Å²) in [6, 6.07) is 11.8. The fourth-order valence-electron chi connectivity index (χ4n) is 2.61. The van der Waals surface area contributed by atoms with E-state index in [2.05, 4.69) is 17.5 Å². The number of esters is 1. The highest BCUT2D eigenvalue weighted by atomic mass is 16.5. The Bertz CT molecular complexity index is 738. The molecule has 0 saturated carbocycles. The number of hydrogen-bond acceptors (Lipinski definition) is 5. The SMILES string of the molecule is CC(=O)OCc1ccc(C2C(C#N)=C(C)NC(C)=C2C#N)cc1. The van der Waals surface area contributed by atoms with Gasteiger partial charge < -0.3 is 10.1 Å². The van der Waals surface area contributed by atoms with E-state index >= 15 is 0 Å². The Balaban J connectivity index is 2.38. The third kappa shape index (κ3) is 3.41. The lowest BCUT2D eigenvalue weighted by Crippen LogP contribution is -2.23. The third-order valence-electron chi connectivity index (χ3n) is 3.76. The summed E-state index contributed by atoms with van der Waals surface area (Å²) < 4.78 is 4.96. The molecule has 0 aliphatic carbocycles. The van der Waals surface area contributed by atoms with Crippen LogP contribution in [-0.4, -0.2) is 5.97 Å². The minimum Gasteiger partial charge on any atom is -0.461 e. The maximum absolute atomic E-state index is 10.9. The molecule has 1 N–H and O–H groups in total. The van der Waals surface area contributed by atoms with Crippen LogP contribution in [0.1, 0.15) is 37.8 Å². The van der Waals surface area contributed by atoms with Crippen molar-refractivity contribution in [1.82, 2.24) is 5.32 Å². The predicted octanol–water partition coefficient (Wildman–Crippen LogP) is 3.03. The minimum absolute atomic E-state index is 0.210. The van der Waals surface area contributed by atoms with Crippen LogP contribution in [0.5, 0.6) is 0 Å². The van der Waals surface area contributed by atoms with Gasteiger partial charge in [0.1, 0.15) is 6.61 Å². The largest absolute Gasteiger partial charge is 0.461 e. The average molecular weight is 307 g/mol. The fourth-order valence-corrected chi connectivity index (χ4v) is 2.61. The lowest BCUT2D eigenvalue weighted by atomic mass is 9.81. The second kappa shape index (κ2) is 6.81. The smallest absolute Gasteiger partial charge is 0.302 e. The van der Waals surface area contributed by atoms with Crippen molar-refractivity contribution in [2.45, 2.75) is 33.3 Å². The molecule has 1 aliphatic rings. The molecule has 0 bridgehead atoms. The molecule has 0 aromatic heterocycles. The molecule has 1 aliphatic heterocycles. The summed E-state index contributed by atoms with van der Waals surface area (Å²) in [7, 11) is 0. The van der Waals surface area contributed by atoms with Gasteiger partial charge >= 0.3 is 5.97 Å². The molecule has 5 nitrogen and oxygen atoms in total. The van der Waals surface area contributed by atoms with Gasteiger partial charge in [-0.2, -0.15) is 10.5 Å². The molecule has 0 fully saturated rings. The van der Waals surface area contributed by atoms with Gasteiger partial charge in [-0.05, 0) is 25.0 Å². The van der Waals surface area contributed by atoms with Crippen LogP contribution in [0.4, 0.5) is 0 Å². The number of hydrogen-bond donors (Lipinski definition) is 1. The molecule has 5 heteroatoms. The molecular weight excluding hydrogens is 290 g/mol. The minimum atomic E-state index is -0.367. The number of nitrogens with one attached hydrogen (secondary N) is 1. The standard InChI is InChI=1S/C18H17N3O2/c1-11-16(8-19)18(17(9-20)12(2)21-11)15-6-4-14(5-7-15)10-23-13(3)22/h4-7,18,21H,10H2,1-3H3. The van der Waals surface area contributed by atoms with Crippen LogP contribution < -0.4 is 5.32 Å². The molecule has 0 radical (unpaired) electrons. The van der Waals surface area contributed by atoms with E-state index < -0.39 is 0 Å². The van der Waals surface area contributed by atoms with Crippen molar-refractivity contribution in [3.63, 3.8) is 0 Å². The number of carbonyl (C=O) groups excluding carboxylic acids is 1. The number of dihydropyridines is 1. The van der Waals surface area contributed by atoms with Crippen molar-refractivity contribution in [2.24, 2.45) is 0 Å². The van der Waals surface area contributed by atoms with Gasteiger partial charge in [0.15, 0.2) is 0 Å². The Hall–Kier alpha value is -3.05. The summed E-state index contributed by atoms with van der Waals surface area (Å²) in [6.45, 7) is 5.24. The monoisotopic (exact) mass is 307 g/mol. The second-order valence-electron chi connectivity index (χ2n) is 5.38. The fraction of sp³-hybridized carbons (Fsp3) is 0.278. The van der Waals surface area contributed by atoms with Gasteiger partial charge in [0.2, 0.25) is 0 Å². The Morgan fingerprint density at radius 3 is 2.09 bits per heavy atom. The first-order valence-electron chi connectivity index (χ1n) is 7.19. The van der Waals surface area contributed by atoms with E-state index in [1.165, 1.54) is 6.92 Å². The summed E-state index contributed by atoms with van der Waals surface area (Å²) in [5, 5.41) is 22.0. The van der Waals surface area contributed by atoms with Gasteiger partial charge in [-0.1, -0.05) is 24.3 Å². The maximum atomic E-state index is 10.9. The summed E-state index contributed by atoms with van der Waals surface area (Å²) in [4.78, 5) is 10.9. The van der Waals surface area contributed by atoms with Crippen LogP contribution in [0.15, 0.2) is 46.8 Å². The van der Waals surface area contributed by atoms with Crippen LogP contribution in [0.3, 0.4) is 0 Å². The van der Waals surface area contributed by atoms with Gasteiger partial charge in [0.25, 0.3) is 0 Å².